The zero-order chi connectivity index (χ0) is 22.7. The second-order valence-corrected chi connectivity index (χ2v) is 7.54. The number of methoxy groups -OCH3 is 1. The summed E-state index contributed by atoms with van der Waals surface area (Å²) in [5, 5.41) is 9.52. The first-order valence-corrected chi connectivity index (χ1v) is 10.6. The van der Waals surface area contributed by atoms with Crippen molar-refractivity contribution in [2.75, 3.05) is 19.0 Å². The van der Waals surface area contributed by atoms with Crippen molar-refractivity contribution in [2.45, 2.75) is 6.92 Å². The van der Waals surface area contributed by atoms with Crippen LogP contribution in [0.1, 0.15) is 27.8 Å². The zero-order valence-corrected chi connectivity index (χ0v) is 18.1. The normalized spacial score (nSPS) is 10.7. The fourth-order valence-corrected chi connectivity index (χ4v) is 4.09. The molecule has 2 heterocycles. The van der Waals surface area contributed by atoms with Gasteiger partial charge >= 0.3 is 5.97 Å². The number of rotatable bonds is 6. The maximum absolute atomic E-state index is 13.3. The molecular formula is C23H19N3O5S. The van der Waals surface area contributed by atoms with E-state index in [1.165, 1.54) is 0 Å². The smallest absolute Gasteiger partial charge is 0.359 e. The number of anilines is 1. The molecule has 0 saturated carbocycles. The summed E-state index contributed by atoms with van der Waals surface area (Å²) in [6.07, 6.45) is 0. The van der Waals surface area contributed by atoms with Crippen LogP contribution in [0.3, 0.4) is 0 Å². The number of benzene rings is 2. The van der Waals surface area contributed by atoms with Crippen LogP contribution in [-0.2, 0) is 4.74 Å². The third-order valence-corrected chi connectivity index (χ3v) is 5.60. The van der Waals surface area contributed by atoms with Crippen molar-refractivity contribution in [1.82, 2.24) is 9.78 Å². The SMILES string of the molecule is CCOC(=O)c1nn(-c2ccccc2)c(=O)c2c(NC(=O)c3ccc(OC)cc3)scc12. The molecule has 0 unspecified atom stereocenters. The Morgan fingerprint density at radius 3 is 2.47 bits per heavy atom. The molecule has 1 amide bonds. The summed E-state index contributed by atoms with van der Waals surface area (Å²) in [4.78, 5) is 38.7. The lowest BCUT2D eigenvalue weighted by Crippen LogP contribution is -2.25. The maximum atomic E-state index is 13.3. The Labute approximate surface area is 187 Å². The Morgan fingerprint density at radius 1 is 1.09 bits per heavy atom. The number of nitrogens with one attached hydrogen (secondary N) is 1. The van der Waals surface area contributed by atoms with Gasteiger partial charge in [-0.1, -0.05) is 18.2 Å². The van der Waals surface area contributed by atoms with Crippen LogP contribution in [-0.4, -0.2) is 35.4 Å². The Balaban J connectivity index is 1.83. The number of para-hydroxylation sites is 1. The van der Waals surface area contributed by atoms with Crippen LogP contribution in [0.4, 0.5) is 5.00 Å². The first kappa shape index (κ1) is 21.3. The molecule has 4 aromatic rings. The van der Waals surface area contributed by atoms with E-state index >= 15 is 0 Å². The minimum Gasteiger partial charge on any atom is -0.497 e. The number of thiophene rings is 1. The summed E-state index contributed by atoms with van der Waals surface area (Å²) in [7, 11) is 1.54. The van der Waals surface area contributed by atoms with Crippen molar-refractivity contribution in [2.24, 2.45) is 0 Å². The fraction of sp³-hybridized carbons (Fsp3) is 0.130. The molecule has 0 radical (unpaired) electrons. The molecule has 0 aliphatic carbocycles. The minimum absolute atomic E-state index is 0.00602. The third kappa shape index (κ3) is 3.97. The standard InChI is InChI=1S/C23H19N3O5S/c1-3-31-23(29)19-17-13-32-21(24-20(27)14-9-11-16(30-2)12-10-14)18(17)22(28)26(25-19)15-7-5-4-6-8-15/h4-13H,3H2,1-2H3,(H,24,27). The van der Waals surface area contributed by atoms with Gasteiger partial charge in [-0.25, -0.2) is 4.79 Å². The number of carbonyl (C=O) groups excluding carboxylic acids is 2. The van der Waals surface area contributed by atoms with Gasteiger partial charge < -0.3 is 14.8 Å². The highest BCUT2D eigenvalue weighted by Crippen LogP contribution is 2.31. The van der Waals surface area contributed by atoms with Crippen molar-refractivity contribution in [1.29, 1.82) is 0 Å². The van der Waals surface area contributed by atoms with Gasteiger partial charge in [-0.15, -0.1) is 11.3 Å². The van der Waals surface area contributed by atoms with Crippen LogP contribution in [0.2, 0.25) is 0 Å². The number of carbonyl (C=O) groups is 2. The van der Waals surface area contributed by atoms with Crippen LogP contribution in [0.25, 0.3) is 16.5 Å². The largest absolute Gasteiger partial charge is 0.497 e. The van der Waals surface area contributed by atoms with Gasteiger partial charge in [-0.3, -0.25) is 9.59 Å². The van der Waals surface area contributed by atoms with E-state index in [4.69, 9.17) is 9.47 Å². The molecule has 0 aliphatic rings. The average Bonchev–Trinajstić information content (AvgIpc) is 3.24. The maximum Gasteiger partial charge on any atom is 0.359 e. The van der Waals surface area contributed by atoms with E-state index < -0.39 is 17.4 Å². The number of ether oxygens (including phenoxy) is 2. The Kier molecular flexibility index (Phi) is 6.00. The molecule has 0 bridgehead atoms. The van der Waals surface area contributed by atoms with Gasteiger partial charge in [0, 0.05) is 16.3 Å². The van der Waals surface area contributed by atoms with Crippen LogP contribution in [0.5, 0.6) is 5.75 Å². The first-order valence-electron chi connectivity index (χ1n) is 9.76. The van der Waals surface area contributed by atoms with Crippen molar-refractivity contribution < 1.29 is 19.1 Å². The van der Waals surface area contributed by atoms with Gasteiger partial charge in [0.15, 0.2) is 5.69 Å². The predicted octanol–water partition coefficient (Wildman–Crippen LogP) is 3.88. The Bertz CT molecular complexity index is 1340. The molecule has 32 heavy (non-hydrogen) atoms. The first-order chi connectivity index (χ1) is 15.5. The monoisotopic (exact) mass is 449 g/mol. The number of fused-ring (bicyclic) bond motifs is 1. The Hall–Kier alpha value is -3.98. The van der Waals surface area contributed by atoms with Gasteiger partial charge in [0.25, 0.3) is 11.5 Å². The molecule has 0 atom stereocenters. The minimum atomic E-state index is -0.645. The van der Waals surface area contributed by atoms with E-state index in [0.717, 1.165) is 16.0 Å². The van der Waals surface area contributed by atoms with Crippen molar-refractivity contribution in [3.8, 4) is 11.4 Å². The molecule has 0 saturated heterocycles. The predicted molar refractivity (Wildman–Crippen MR) is 122 cm³/mol. The fourth-order valence-electron chi connectivity index (χ4n) is 3.15. The van der Waals surface area contributed by atoms with Gasteiger partial charge in [0.05, 0.1) is 24.8 Å². The van der Waals surface area contributed by atoms with Gasteiger partial charge in [0.1, 0.15) is 10.8 Å². The molecule has 2 aromatic carbocycles. The Morgan fingerprint density at radius 2 is 1.81 bits per heavy atom. The number of nitrogens with zero attached hydrogens (tertiary/aromatic N) is 2. The number of esters is 1. The van der Waals surface area contributed by atoms with Crippen molar-refractivity contribution in [3.05, 3.63) is 81.6 Å². The van der Waals surface area contributed by atoms with E-state index in [1.807, 2.05) is 6.07 Å². The van der Waals surface area contributed by atoms with E-state index in [0.29, 0.717) is 27.4 Å². The molecule has 4 rings (SSSR count). The number of hydrogen-bond donors (Lipinski definition) is 1. The summed E-state index contributed by atoms with van der Waals surface area (Å²) in [5.74, 6) is -0.413. The van der Waals surface area contributed by atoms with Crippen LogP contribution < -0.4 is 15.6 Å². The van der Waals surface area contributed by atoms with E-state index in [9.17, 15) is 14.4 Å². The highest BCUT2D eigenvalue weighted by molar-refractivity contribution is 7.16. The zero-order valence-electron chi connectivity index (χ0n) is 17.3. The molecule has 162 valence electrons. The van der Waals surface area contributed by atoms with E-state index in [1.54, 1.807) is 67.9 Å². The molecule has 0 fully saturated rings. The molecule has 0 aliphatic heterocycles. The summed E-state index contributed by atoms with van der Waals surface area (Å²) >= 11 is 1.14. The summed E-state index contributed by atoms with van der Waals surface area (Å²) in [6, 6.07) is 15.3. The molecule has 8 nitrogen and oxygen atoms in total. The van der Waals surface area contributed by atoms with E-state index in [-0.39, 0.29) is 17.7 Å². The van der Waals surface area contributed by atoms with Crippen LogP contribution in [0.15, 0.2) is 64.8 Å². The second kappa shape index (κ2) is 9.03. The van der Waals surface area contributed by atoms with Gasteiger partial charge in [-0.05, 0) is 43.3 Å². The molecule has 0 spiro atoms. The van der Waals surface area contributed by atoms with Gasteiger partial charge in [-0.2, -0.15) is 9.78 Å². The quantitative estimate of drug-likeness (QED) is 0.449. The molecular weight excluding hydrogens is 430 g/mol. The van der Waals surface area contributed by atoms with Gasteiger partial charge in [0.2, 0.25) is 0 Å². The highest BCUT2D eigenvalue weighted by atomic mass is 32.1. The average molecular weight is 449 g/mol. The summed E-state index contributed by atoms with van der Waals surface area (Å²) in [6.45, 7) is 1.86. The van der Waals surface area contributed by atoms with Crippen LogP contribution in [0, 0.1) is 0 Å². The number of amides is 1. The molecule has 1 N–H and O–H groups in total. The summed E-state index contributed by atoms with van der Waals surface area (Å²) in [5.41, 5.74) is 0.441. The van der Waals surface area contributed by atoms with Crippen molar-refractivity contribution >= 4 is 39.0 Å². The summed E-state index contributed by atoms with van der Waals surface area (Å²) < 4.78 is 11.4. The van der Waals surface area contributed by atoms with Crippen molar-refractivity contribution in [3.63, 3.8) is 0 Å². The lowest BCUT2D eigenvalue weighted by atomic mass is 10.2. The molecule has 2 aromatic heterocycles. The van der Waals surface area contributed by atoms with Crippen LogP contribution >= 0.6 is 11.3 Å². The lowest BCUT2D eigenvalue weighted by Gasteiger charge is -2.10. The highest BCUT2D eigenvalue weighted by Gasteiger charge is 2.23. The molecule has 9 heteroatoms. The third-order valence-electron chi connectivity index (χ3n) is 4.70. The van der Waals surface area contributed by atoms with E-state index in [2.05, 4.69) is 10.4 Å². The number of hydrogen-bond acceptors (Lipinski definition) is 7. The second-order valence-electron chi connectivity index (χ2n) is 6.66. The topological polar surface area (TPSA) is 99.5 Å². The lowest BCUT2D eigenvalue weighted by molar-refractivity contribution is 0.0520. The number of aromatic nitrogens is 2.